The Balaban J connectivity index is 1.60. The van der Waals surface area contributed by atoms with Gasteiger partial charge in [-0.1, -0.05) is 30.3 Å². The van der Waals surface area contributed by atoms with Crippen molar-refractivity contribution in [2.24, 2.45) is 0 Å². The highest BCUT2D eigenvalue weighted by atomic mass is 32.2. The first-order chi connectivity index (χ1) is 12.9. The van der Waals surface area contributed by atoms with E-state index in [4.69, 9.17) is 9.15 Å². The van der Waals surface area contributed by atoms with Crippen LogP contribution in [-0.4, -0.2) is 19.6 Å². The Labute approximate surface area is 157 Å². The molecule has 7 heteroatoms. The summed E-state index contributed by atoms with van der Waals surface area (Å²) in [6.07, 6.45) is 1.18. The zero-order valence-corrected chi connectivity index (χ0v) is 15.6. The maximum absolute atomic E-state index is 12.6. The van der Waals surface area contributed by atoms with E-state index in [9.17, 15) is 13.2 Å². The van der Waals surface area contributed by atoms with E-state index >= 15 is 0 Å². The lowest BCUT2D eigenvalue weighted by Gasteiger charge is -2.07. The molecule has 0 spiro atoms. The number of sulfonamides is 1. The van der Waals surface area contributed by atoms with Gasteiger partial charge in [-0.05, 0) is 43.5 Å². The second-order valence-corrected chi connectivity index (χ2v) is 8.60. The van der Waals surface area contributed by atoms with Crippen LogP contribution < -0.4 is 9.46 Å². The first-order valence-corrected chi connectivity index (χ1v) is 10.2. The number of carbonyl (C=O) groups is 1. The summed E-state index contributed by atoms with van der Waals surface area (Å²) in [6, 6.07) is 14.9. The van der Waals surface area contributed by atoms with Crippen molar-refractivity contribution in [2.75, 3.05) is 0 Å². The predicted octanol–water partition coefficient (Wildman–Crippen LogP) is 3.54. The molecule has 1 saturated carbocycles. The van der Waals surface area contributed by atoms with Gasteiger partial charge in [0, 0.05) is 5.39 Å². The molecule has 27 heavy (non-hydrogen) atoms. The number of amides is 1. The van der Waals surface area contributed by atoms with Crippen LogP contribution in [0.2, 0.25) is 0 Å². The van der Waals surface area contributed by atoms with Crippen molar-refractivity contribution in [3.63, 3.8) is 0 Å². The van der Waals surface area contributed by atoms with E-state index in [0.29, 0.717) is 41.9 Å². The van der Waals surface area contributed by atoms with Gasteiger partial charge >= 0.3 is 0 Å². The molecule has 6 nitrogen and oxygen atoms in total. The van der Waals surface area contributed by atoms with Crippen LogP contribution in [0.3, 0.4) is 0 Å². The predicted molar refractivity (Wildman–Crippen MR) is 101 cm³/mol. The molecule has 3 aromatic rings. The van der Waals surface area contributed by atoms with Crippen molar-refractivity contribution >= 4 is 26.9 Å². The van der Waals surface area contributed by atoms with E-state index in [1.165, 1.54) is 0 Å². The molecule has 1 fully saturated rings. The summed E-state index contributed by atoms with van der Waals surface area (Å²) < 4.78 is 37.8. The number of hydrogen-bond donors (Lipinski definition) is 1. The van der Waals surface area contributed by atoms with Gasteiger partial charge in [0.2, 0.25) is 10.0 Å². The third-order valence-corrected chi connectivity index (χ3v) is 6.33. The number of ether oxygens (including phenoxy) is 1. The number of aryl methyl sites for hydroxylation is 1. The van der Waals surface area contributed by atoms with Gasteiger partial charge in [0.1, 0.15) is 23.7 Å². The first-order valence-electron chi connectivity index (χ1n) is 8.70. The van der Waals surface area contributed by atoms with Crippen LogP contribution in [0.4, 0.5) is 0 Å². The standard InChI is InChI=1S/C20H19NO5S/c1-13-19(20(22)21-27(23,24)16-8-9-16)17-11-15(7-10-18(17)26-13)25-12-14-5-3-2-4-6-14/h2-7,10-11,16H,8-9,12H2,1H3,(H,21,22). The fraction of sp³-hybridized carbons (Fsp3) is 0.250. The van der Waals surface area contributed by atoms with Crippen LogP contribution in [0, 0.1) is 6.92 Å². The fourth-order valence-corrected chi connectivity index (χ4v) is 4.24. The van der Waals surface area contributed by atoms with Crippen molar-refractivity contribution in [2.45, 2.75) is 31.6 Å². The van der Waals surface area contributed by atoms with Crippen molar-refractivity contribution < 1.29 is 22.4 Å². The summed E-state index contributed by atoms with van der Waals surface area (Å²) >= 11 is 0. The summed E-state index contributed by atoms with van der Waals surface area (Å²) in [6.45, 7) is 2.03. The summed E-state index contributed by atoms with van der Waals surface area (Å²) in [4.78, 5) is 12.6. The summed E-state index contributed by atoms with van der Waals surface area (Å²) in [5.74, 6) is 0.276. The molecule has 2 aromatic carbocycles. The monoisotopic (exact) mass is 385 g/mol. The van der Waals surface area contributed by atoms with E-state index in [1.54, 1.807) is 25.1 Å². The molecule has 140 valence electrons. The van der Waals surface area contributed by atoms with Gasteiger partial charge < -0.3 is 9.15 Å². The second kappa shape index (κ2) is 6.74. The van der Waals surface area contributed by atoms with Gasteiger partial charge in [-0.2, -0.15) is 0 Å². The number of nitrogens with one attached hydrogen (secondary N) is 1. The molecule has 0 radical (unpaired) electrons. The van der Waals surface area contributed by atoms with Crippen molar-refractivity contribution in [1.82, 2.24) is 4.72 Å². The molecule has 1 N–H and O–H groups in total. The van der Waals surface area contributed by atoms with Crippen LogP contribution in [0.25, 0.3) is 11.0 Å². The van der Waals surface area contributed by atoms with Gasteiger partial charge in [-0.3, -0.25) is 4.79 Å². The minimum absolute atomic E-state index is 0.222. The average Bonchev–Trinajstić information content (AvgIpc) is 3.44. The molecule has 1 aromatic heterocycles. The molecule has 0 saturated heterocycles. The number of carbonyl (C=O) groups excluding carboxylic acids is 1. The lowest BCUT2D eigenvalue weighted by Crippen LogP contribution is -2.33. The van der Waals surface area contributed by atoms with Gasteiger partial charge in [-0.15, -0.1) is 0 Å². The molecule has 1 aliphatic carbocycles. The molecule has 0 bridgehead atoms. The Morgan fingerprint density at radius 1 is 1.19 bits per heavy atom. The smallest absolute Gasteiger partial charge is 0.268 e. The topological polar surface area (TPSA) is 85.6 Å². The van der Waals surface area contributed by atoms with Crippen molar-refractivity contribution in [1.29, 1.82) is 0 Å². The molecular weight excluding hydrogens is 366 g/mol. The van der Waals surface area contributed by atoms with Gasteiger partial charge in [0.15, 0.2) is 0 Å². The largest absolute Gasteiger partial charge is 0.489 e. The summed E-state index contributed by atoms with van der Waals surface area (Å²) in [7, 11) is -3.63. The quantitative estimate of drug-likeness (QED) is 0.701. The minimum Gasteiger partial charge on any atom is -0.489 e. The summed E-state index contributed by atoms with van der Waals surface area (Å²) in [5.41, 5.74) is 1.75. The zero-order chi connectivity index (χ0) is 19.0. The van der Waals surface area contributed by atoms with Crippen LogP contribution >= 0.6 is 0 Å². The lowest BCUT2D eigenvalue weighted by molar-refractivity contribution is 0.0981. The molecule has 1 aliphatic rings. The zero-order valence-electron chi connectivity index (χ0n) is 14.8. The van der Waals surface area contributed by atoms with Crippen LogP contribution in [-0.2, 0) is 16.6 Å². The van der Waals surface area contributed by atoms with Crippen molar-refractivity contribution in [3.8, 4) is 5.75 Å². The summed E-state index contributed by atoms with van der Waals surface area (Å²) in [5, 5.41) is 0.0613. The Hall–Kier alpha value is -2.80. The molecular formula is C20H19NO5S. The highest BCUT2D eigenvalue weighted by Gasteiger charge is 2.37. The molecule has 1 amide bonds. The Bertz CT molecular complexity index is 1100. The third-order valence-electron chi connectivity index (χ3n) is 4.51. The molecule has 0 aliphatic heterocycles. The van der Waals surface area contributed by atoms with E-state index in [0.717, 1.165) is 5.56 Å². The third kappa shape index (κ3) is 3.68. The van der Waals surface area contributed by atoms with Crippen LogP contribution in [0.1, 0.15) is 34.5 Å². The second-order valence-electron chi connectivity index (χ2n) is 6.64. The normalized spacial score (nSPS) is 14.3. The fourth-order valence-electron chi connectivity index (χ4n) is 2.95. The number of furan rings is 1. The number of hydrogen-bond acceptors (Lipinski definition) is 5. The Morgan fingerprint density at radius 3 is 2.63 bits per heavy atom. The molecule has 0 atom stereocenters. The van der Waals surface area contributed by atoms with E-state index < -0.39 is 21.2 Å². The molecule has 0 unspecified atom stereocenters. The van der Waals surface area contributed by atoms with E-state index in [1.807, 2.05) is 30.3 Å². The van der Waals surface area contributed by atoms with Gasteiger partial charge in [-0.25, -0.2) is 13.1 Å². The molecule has 1 heterocycles. The van der Waals surface area contributed by atoms with E-state index in [2.05, 4.69) is 4.72 Å². The SMILES string of the molecule is Cc1oc2ccc(OCc3ccccc3)cc2c1C(=O)NS(=O)(=O)C1CC1. The Kier molecular flexibility index (Phi) is 4.39. The number of fused-ring (bicyclic) bond motifs is 1. The van der Waals surface area contributed by atoms with E-state index in [-0.39, 0.29) is 5.56 Å². The minimum atomic E-state index is -3.63. The van der Waals surface area contributed by atoms with Gasteiger partial charge in [0.25, 0.3) is 5.91 Å². The lowest BCUT2D eigenvalue weighted by atomic mass is 10.1. The highest BCUT2D eigenvalue weighted by molar-refractivity contribution is 7.91. The van der Waals surface area contributed by atoms with Crippen LogP contribution in [0.5, 0.6) is 5.75 Å². The maximum atomic E-state index is 12.6. The number of benzene rings is 2. The van der Waals surface area contributed by atoms with Crippen molar-refractivity contribution in [3.05, 3.63) is 65.4 Å². The Morgan fingerprint density at radius 2 is 1.93 bits per heavy atom. The van der Waals surface area contributed by atoms with Gasteiger partial charge in [0.05, 0.1) is 10.8 Å². The molecule has 4 rings (SSSR count). The van der Waals surface area contributed by atoms with Crippen LogP contribution in [0.15, 0.2) is 52.9 Å². The number of rotatable bonds is 6. The maximum Gasteiger partial charge on any atom is 0.268 e. The highest BCUT2D eigenvalue weighted by Crippen LogP contribution is 2.31. The average molecular weight is 385 g/mol. The first kappa shape index (κ1) is 17.6.